The lowest BCUT2D eigenvalue weighted by Crippen LogP contribution is -2.45. The summed E-state index contributed by atoms with van der Waals surface area (Å²) in [4.78, 5) is 24.6. The number of amides is 3. The van der Waals surface area contributed by atoms with Crippen LogP contribution in [0.3, 0.4) is 0 Å². The Kier molecular flexibility index (Phi) is 5.03. The molecule has 0 bridgehead atoms. The second-order valence-electron chi connectivity index (χ2n) is 5.70. The van der Waals surface area contributed by atoms with E-state index in [1.54, 1.807) is 31.2 Å². The van der Waals surface area contributed by atoms with Gasteiger partial charge in [-0.1, -0.05) is 28.1 Å². The van der Waals surface area contributed by atoms with Crippen molar-refractivity contribution in [2.45, 2.75) is 13.0 Å². The van der Waals surface area contributed by atoms with Crippen LogP contribution in [0.25, 0.3) is 0 Å². The lowest BCUT2D eigenvalue weighted by Gasteiger charge is -2.28. The molecule has 3 rings (SSSR count). The van der Waals surface area contributed by atoms with Crippen molar-refractivity contribution in [1.29, 1.82) is 0 Å². The first-order chi connectivity index (χ1) is 12.3. The van der Waals surface area contributed by atoms with Crippen LogP contribution in [0, 0.1) is 11.6 Å². The summed E-state index contributed by atoms with van der Waals surface area (Å²) in [7, 11) is 0. The van der Waals surface area contributed by atoms with Crippen molar-refractivity contribution in [3.05, 3.63) is 75.4 Å². The highest BCUT2D eigenvalue weighted by Gasteiger charge is 2.31. The number of carbonyl (C=O) groups is 2. The number of hydrogen-bond acceptors (Lipinski definition) is 2. The van der Waals surface area contributed by atoms with Crippen molar-refractivity contribution in [2.75, 3.05) is 5.32 Å². The van der Waals surface area contributed by atoms with E-state index >= 15 is 0 Å². The van der Waals surface area contributed by atoms with Crippen LogP contribution in [0.15, 0.2) is 58.2 Å². The molecule has 1 aliphatic rings. The fourth-order valence-corrected chi connectivity index (χ4v) is 2.94. The summed E-state index contributed by atoms with van der Waals surface area (Å²) in [6.45, 7) is 1.60. The van der Waals surface area contributed by atoms with Crippen molar-refractivity contribution < 1.29 is 18.4 Å². The molecule has 1 heterocycles. The Balaban J connectivity index is 1.93. The first-order valence-electron chi connectivity index (χ1n) is 7.65. The maximum atomic E-state index is 13.4. The van der Waals surface area contributed by atoms with Gasteiger partial charge in [-0.25, -0.2) is 13.6 Å². The van der Waals surface area contributed by atoms with E-state index in [0.717, 1.165) is 16.6 Å². The molecule has 2 aromatic carbocycles. The molecule has 0 fully saturated rings. The summed E-state index contributed by atoms with van der Waals surface area (Å²) >= 11 is 3.34. The molecule has 0 radical (unpaired) electrons. The van der Waals surface area contributed by atoms with E-state index in [1.165, 1.54) is 6.07 Å². The molecule has 1 aliphatic heterocycles. The molecular weight excluding hydrogens is 408 g/mol. The lowest BCUT2D eigenvalue weighted by molar-refractivity contribution is -0.113. The van der Waals surface area contributed by atoms with Crippen molar-refractivity contribution in [1.82, 2.24) is 10.6 Å². The molecule has 0 saturated carbocycles. The molecule has 5 nitrogen and oxygen atoms in total. The average molecular weight is 422 g/mol. The molecule has 0 unspecified atom stereocenters. The smallest absolute Gasteiger partial charge is 0.319 e. The van der Waals surface area contributed by atoms with E-state index in [1.807, 2.05) is 0 Å². The van der Waals surface area contributed by atoms with Crippen LogP contribution in [0.1, 0.15) is 18.5 Å². The third-order valence-electron chi connectivity index (χ3n) is 3.89. The number of urea groups is 1. The van der Waals surface area contributed by atoms with Crippen LogP contribution < -0.4 is 16.0 Å². The highest BCUT2D eigenvalue weighted by atomic mass is 79.9. The number of halogens is 3. The summed E-state index contributed by atoms with van der Waals surface area (Å²) in [5, 5.41) is 7.79. The van der Waals surface area contributed by atoms with Gasteiger partial charge >= 0.3 is 6.03 Å². The predicted octanol–water partition coefficient (Wildman–Crippen LogP) is 3.99. The number of anilines is 1. The largest absolute Gasteiger partial charge is 0.327 e. The van der Waals surface area contributed by atoms with Gasteiger partial charge in [-0.3, -0.25) is 4.79 Å². The monoisotopic (exact) mass is 421 g/mol. The Morgan fingerprint density at radius 1 is 1.12 bits per heavy atom. The highest BCUT2D eigenvalue weighted by Crippen LogP contribution is 2.28. The van der Waals surface area contributed by atoms with Gasteiger partial charge in [0, 0.05) is 21.9 Å². The molecule has 26 heavy (non-hydrogen) atoms. The van der Waals surface area contributed by atoms with Gasteiger partial charge < -0.3 is 16.0 Å². The molecule has 3 N–H and O–H groups in total. The summed E-state index contributed by atoms with van der Waals surface area (Å²) in [6, 6.07) is 9.12. The Morgan fingerprint density at radius 3 is 2.46 bits per heavy atom. The van der Waals surface area contributed by atoms with Gasteiger partial charge in [0.1, 0.15) is 0 Å². The summed E-state index contributed by atoms with van der Waals surface area (Å²) in [5.74, 6) is -2.60. The molecule has 1 atom stereocenters. The average Bonchev–Trinajstić information content (AvgIpc) is 2.58. The van der Waals surface area contributed by atoms with E-state index in [9.17, 15) is 18.4 Å². The Labute approximate surface area is 156 Å². The number of allylic oxidation sites excluding steroid dienone is 1. The second-order valence-corrected chi connectivity index (χ2v) is 6.62. The van der Waals surface area contributed by atoms with Crippen molar-refractivity contribution in [3.63, 3.8) is 0 Å². The third-order valence-corrected chi connectivity index (χ3v) is 4.42. The van der Waals surface area contributed by atoms with E-state index in [4.69, 9.17) is 0 Å². The zero-order chi connectivity index (χ0) is 18.8. The first-order valence-corrected chi connectivity index (χ1v) is 8.44. The summed E-state index contributed by atoms with van der Waals surface area (Å²) in [6.07, 6.45) is 0. The van der Waals surface area contributed by atoms with Crippen molar-refractivity contribution in [2.24, 2.45) is 0 Å². The minimum atomic E-state index is -1.06. The number of hydrogen-bond donors (Lipinski definition) is 3. The van der Waals surface area contributed by atoms with Crippen LogP contribution in [0.4, 0.5) is 19.3 Å². The van der Waals surface area contributed by atoms with E-state index in [0.29, 0.717) is 11.3 Å². The molecular formula is C18H14BrF2N3O2. The zero-order valence-electron chi connectivity index (χ0n) is 13.6. The fraction of sp³-hybridized carbons (Fsp3) is 0.111. The van der Waals surface area contributed by atoms with E-state index < -0.39 is 29.6 Å². The van der Waals surface area contributed by atoms with Crippen LogP contribution in [-0.2, 0) is 4.79 Å². The normalized spacial score (nSPS) is 16.8. The second kappa shape index (κ2) is 7.25. The quantitative estimate of drug-likeness (QED) is 0.700. The van der Waals surface area contributed by atoms with Gasteiger partial charge in [-0.05, 0) is 36.8 Å². The Morgan fingerprint density at radius 2 is 1.81 bits per heavy atom. The van der Waals surface area contributed by atoms with Crippen LogP contribution in [-0.4, -0.2) is 11.9 Å². The van der Waals surface area contributed by atoms with Gasteiger partial charge in [0.25, 0.3) is 5.91 Å². The van der Waals surface area contributed by atoms with Crippen molar-refractivity contribution in [3.8, 4) is 0 Å². The third kappa shape index (κ3) is 3.75. The number of rotatable bonds is 3. The SMILES string of the molecule is CC1=C(C(=O)Nc2ccc(F)c(F)c2)[C@H](c2ccc(Br)cc2)NC(=O)N1. The molecule has 134 valence electrons. The molecule has 2 aromatic rings. The van der Waals surface area contributed by atoms with E-state index in [2.05, 4.69) is 31.9 Å². The summed E-state index contributed by atoms with van der Waals surface area (Å²) < 4.78 is 27.3. The number of benzene rings is 2. The fourth-order valence-electron chi connectivity index (χ4n) is 2.67. The number of nitrogens with one attached hydrogen (secondary N) is 3. The van der Waals surface area contributed by atoms with Crippen LogP contribution >= 0.6 is 15.9 Å². The number of carbonyl (C=O) groups excluding carboxylic acids is 2. The summed E-state index contributed by atoms with van der Waals surface area (Å²) in [5.41, 5.74) is 1.47. The maximum Gasteiger partial charge on any atom is 0.319 e. The molecule has 8 heteroatoms. The van der Waals surface area contributed by atoms with Gasteiger partial charge in [0.15, 0.2) is 11.6 Å². The first kappa shape index (κ1) is 18.1. The van der Waals surface area contributed by atoms with Crippen LogP contribution in [0.5, 0.6) is 0 Å². The highest BCUT2D eigenvalue weighted by molar-refractivity contribution is 9.10. The van der Waals surface area contributed by atoms with Crippen molar-refractivity contribution >= 4 is 33.6 Å². The van der Waals surface area contributed by atoms with E-state index in [-0.39, 0.29) is 11.3 Å². The standard InChI is InChI=1S/C18H14BrF2N3O2/c1-9-15(17(25)23-12-6-7-13(20)14(21)8-12)16(24-18(26)22-9)10-2-4-11(19)5-3-10/h2-8,16H,1H3,(H,23,25)(H2,22,24,26)/t16-/m0/s1. The minimum Gasteiger partial charge on any atom is -0.327 e. The molecule has 0 saturated heterocycles. The Bertz CT molecular complexity index is 913. The van der Waals surface area contributed by atoms with Gasteiger partial charge in [0.2, 0.25) is 0 Å². The van der Waals surface area contributed by atoms with Gasteiger partial charge in [-0.15, -0.1) is 0 Å². The topological polar surface area (TPSA) is 70.2 Å². The lowest BCUT2D eigenvalue weighted by atomic mass is 9.95. The Hall–Kier alpha value is -2.74. The molecule has 0 aromatic heterocycles. The van der Waals surface area contributed by atoms with Crippen LogP contribution in [0.2, 0.25) is 0 Å². The van der Waals surface area contributed by atoms with Gasteiger partial charge in [-0.2, -0.15) is 0 Å². The molecule has 0 spiro atoms. The zero-order valence-corrected chi connectivity index (χ0v) is 15.2. The maximum absolute atomic E-state index is 13.4. The minimum absolute atomic E-state index is 0.112. The van der Waals surface area contributed by atoms with Gasteiger partial charge in [0.05, 0.1) is 11.6 Å². The molecule has 3 amide bonds. The predicted molar refractivity (Wildman–Crippen MR) is 96.2 cm³/mol. The molecule has 0 aliphatic carbocycles.